The van der Waals surface area contributed by atoms with E-state index in [1.807, 2.05) is 0 Å². The first kappa shape index (κ1) is 16.7. The van der Waals surface area contributed by atoms with Crippen molar-refractivity contribution in [3.8, 4) is 0 Å². The van der Waals surface area contributed by atoms with Crippen LogP contribution in [0.15, 0.2) is 12.2 Å². The molecule has 1 heterocycles. The van der Waals surface area contributed by atoms with Gasteiger partial charge < -0.3 is 14.2 Å². The van der Waals surface area contributed by atoms with E-state index in [2.05, 4.69) is 6.58 Å². The number of hydrogen-bond acceptors (Lipinski definition) is 7. The second-order valence-corrected chi connectivity index (χ2v) is 6.80. The molecule has 0 aromatic heterocycles. The molecule has 2 bridgehead atoms. The molecule has 0 radical (unpaired) electrons. The largest absolute Gasteiger partial charge is 0.469 e. The van der Waals surface area contributed by atoms with Crippen molar-refractivity contribution in [3.63, 3.8) is 0 Å². The summed E-state index contributed by atoms with van der Waals surface area (Å²) in [4.78, 5) is 47.6. The van der Waals surface area contributed by atoms with Crippen LogP contribution < -0.4 is 0 Å². The maximum absolute atomic E-state index is 12.1. The monoisotopic (exact) mass is 336 g/mol. The van der Waals surface area contributed by atoms with Crippen molar-refractivity contribution >= 4 is 23.7 Å². The van der Waals surface area contributed by atoms with Gasteiger partial charge in [-0.1, -0.05) is 6.58 Å². The molecular weight excluding hydrogens is 316 g/mol. The summed E-state index contributed by atoms with van der Waals surface area (Å²) in [7, 11) is 1.29. The van der Waals surface area contributed by atoms with Crippen LogP contribution in [-0.4, -0.2) is 43.5 Å². The Morgan fingerprint density at radius 1 is 1.29 bits per heavy atom. The molecule has 1 aliphatic heterocycles. The Bertz CT molecular complexity index is 622. The van der Waals surface area contributed by atoms with E-state index in [0.717, 1.165) is 0 Å². The number of esters is 3. The van der Waals surface area contributed by atoms with Gasteiger partial charge in [-0.05, 0) is 19.3 Å². The van der Waals surface area contributed by atoms with Gasteiger partial charge in [-0.3, -0.25) is 14.4 Å². The Labute approximate surface area is 139 Å². The quantitative estimate of drug-likeness (QED) is 0.399. The SMILES string of the molecule is C=C(C)C(=O)OCC(=O)CC1C2CC3C1OC(=O)C3C2C(=O)OC. The van der Waals surface area contributed by atoms with E-state index in [4.69, 9.17) is 14.2 Å². The Morgan fingerprint density at radius 3 is 2.62 bits per heavy atom. The number of carbonyl (C=O) groups excluding carboxylic acids is 4. The summed E-state index contributed by atoms with van der Waals surface area (Å²) in [6.07, 6.45) is 0.474. The Morgan fingerprint density at radius 2 is 2.00 bits per heavy atom. The highest BCUT2D eigenvalue weighted by molar-refractivity contribution is 5.90. The zero-order valence-electron chi connectivity index (χ0n) is 13.7. The Kier molecular flexibility index (Phi) is 4.19. The van der Waals surface area contributed by atoms with Gasteiger partial charge in [0, 0.05) is 23.8 Å². The molecule has 0 amide bonds. The fraction of sp³-hybridized carbons (Fsp3) is 0.647. The standard InChI is InChI=1S/C17H20O7/c1-7(2)15(19)23-6-8(18)4-10-9-5-11-13(12(9)16(20)22-3)17(21)24-14(10)11/h9-14H,1,4-6H2,2-3H3. The number of carbonyl (C=O) groups is 4. The number of ketones is 1. The summed E-state index contributed by atoms with van der Waals surface area (Å²) in [5.74, 6) is -3.00. The second-order valence-electron chi connectivity index (χ2n) is 6.80. The van der Waals surface area contributed by atoms with Gasteiger partial charge in [-0.25, -0.2) is 4.79 Å². The van der Waals surface area contributed by atoms with Crippen molar-refractivity contribution in [1.82, 2.24) is 0 Å². The minimum atomic E-state index is -0.615. The molecule has 7 heteroatoms. The summed E-state index contributed by atoms with van der Waals surface area (Å²) < 4.78 is 15.1. The van der Waals surface area contributed by atoms with Crippen LogP contribution in [0.2, 0.25) is 0 Å². The molecule has 0 aromatic rings. The van der Waals surface area contributed by atoms with Crippen molar-refractivity contribution in [3.05, 3.63) is 12.2 Å². The molecule has 0 N–H and O–H groups in total. The summed E-state index contributed by atoms with van der Waals surface area (Å²) in [6.45, 7) is 4.61. The summed E-state index contributed by atoms with van der Waals surface area (Å²) in [6, 6.07) is 0. The molecule has 2 saturated carbocycles. The molecular formula is C17H20O7. The average Bonchev–Trinajstić information content (AvgIpc) is 3.15. The predicted molar refractivity (Wildman–Crippen MR) is 79.4 cm³/mol. The fourth-order valence-corrected chi connectivity index (χ4v) is 4.51. The third-order valence-electron chi connectivity index (χ3n) is 5.42. The first-order chi connectivity index (χ1) is 11.3. The number of fused-ring (bicyclic) bond motifs is 1. The van der Waals surface area contributed by atoms with E-state index in [0.29, 0.717) is 6.42 Å². The van der Waals surface area contributed by atoms with E-state index in [-0.39, 0.29) is 54.2 Å². The van der Waals surface area contributed by atoms with Gasteiger partial charge in [0.25, 0.3) is 0 Å². The molecule has 130 valence electrons. The molecule has 24 heavy (non-hydrogen) atoms. The maximum atomic E-state index is 12.1. The van der Waals surface area contributed by atoms with Crippen molar-refractivity contribution in [2.75, 3.05) is 13.7 Å². The summed E-state index contributed by atoms with van der Waals surface area (Å²) >= 11 is 0. The van der Waals surface area contributed by atoms with Crippen molar-refractivity contribution in [2.45, 2.75) is 25.9 Å². The molecule has 0 aromatic carbocycles. The van der Waals surface area contributed by atoms with Gasteiger partial charge in [0.15, 0.2) is 5.78 Å². The molecule has 3 aliphatic rings. The number of Topliss-reactive ketones (excluding diaryl/α,β-unsaturated/α-hetero) is 1. The molecule has 6 unspecified atom stereocenters. The average molecular weight is 336 g/mol. The first-order valence-corrected chi connectivity index (χ1v) is 7.97. The molecule has 3 rings (SSSR count). The van der Waals surface area contributed by atoms with Gasteiger partial charge in [-0.15, -0.1) is 0 Å². The molecule has 6 atom stereocenters. The third-order valence-corrected chi connectivity index (χ3v) is 5.42. The first-order valence-electron chi connectivity index (χ1n) is 7.97. The van der Waals surface area contributed by atoms with Crippen LogP contribution in [0.3, 0.4) is 0 Å². The van der Waals surface area contributed by atoms with E-state index < -0.39 is 23.8 Å². The van der Waals surface area contributed by atoms with Crippen molar-refractivity contribution < 1.29 is 33.4 Å². The normalized spacial score (nSPS) is 35.5. The van der Waals surface area contributed by atoms with E-state index in [1.54, 1.807) is 0 Å². The van der Waals surface area contributed by atoms with E-state index in [9.17, 15) is 19.2 Å². The lowest BCUT2D eigenvalue weighted by molar-refractivity contribution is -0.153. The van der Waals surface area contributed by atoms with E-state index in [1.165, 1.54) is 14.0 Å². The predicted octanol–water partition coefficient (Wildman–Crippen LogP) is 0.662. The minimum Gasteiger partial charge on any atom is -0.469 e. The van der Waals surface area contributed by atoms with Gasteiger partial charge >= 0.3 is 17.9 Å². The number of ether oxygens (including phenoxy) is 3. The number of methoxy groups -OCH3 is 1. The zero-order chi connectivity index (χ0) is 17.6. The van der Waals surface area contributed by atoms with Crippen LogP contribution in [0.25, 0.3) is 0 Å². The van der Waals surface area contributed by atoms with Gasteiger partial charge in [0.1, 0.15) is 12.7 Å². The lowest BCUT2D eigenvalue weighted by atomic mass is 9.72. The Hall–Kier alpha value is -2.18. The second kappa shape index (κ2) is 6.03. The van der Waals surface area contributed by atoms with Crippen LogP contribution in [0.1, 0.15) is 19.8 Å². The van der Waals surface area contributed by atoms with Crippen molar-refractivity contribution in [2.24, 2.45) is 29.6 Å². The number of rotatable bonds is 6. The molecule has 3 fully saturated rings. The van der Waals surface area contributed by atoms with Gasteiger partial charge in [-0.2, -0.15) is 0 Å². The van der Waals surface area contributed by atoms with E-state index >= 15 is 0 Å². The fourth-order valence-electron chi connectivity index (χ4n) is 4.51. The highest BCUT2D eigenvalue weighted by Crippen LogP contribution is 2.61. The molecule has 0 spiro atoms. The maximum Gasteiger partial charge on any atom is 0.333 e. The van der Waals surface area contributed by atoms with Gasteiger partial charge in [0.2, 0.25) is 0 Å². The van der Waals surface area contributed by atoms with Crippen molar-refractivity contribution in [1.29, 1.82) is 0 Å². The smallest absolute Gasteiger partial charge is 0.333 e. The third kappa shape index (κ3) is 2.52. The molecule has 1 saturated heterocycles. The van der Waals surface area contributed by atoms with Crippen LogP contribution in [0.5, 0.6) is 0 Å². The van der Waals surface area contributed by atoms with Crippen LogP contribution in [0.4, 0.5) is 0 Å². The molecule has 2 aliphatic carbocycles. The Balaban J connectivity index is 1.68. The van der Waals surface area contributed by atoms with Crippen LogP contribution in [0, 0.1) is 29.6 Å². The van der Waals surface area contributed by atoms with Gasteiger partial charge in [0.05, 0.1) is 18.9 Å². The topological polar surface area (TPSA) is 96.0 Å². The summed E-state index contributed by atoms with van der Waals surface area (Å²) in [5, 5.41) is 0. The highest BCUT2D eigenvalue weighted by atomic mass is 16.6. The minimum absolute atomic E-state index is 0.0256. The highest BCUT2D eigenvalue weighted by Gasteiger charge is 2.68. The van der Waals surface area contributed by atoms with Crippen LogP contribution in [-0.2, 0) is 33.4 Å². The molecule has 7 nitrogen and oxygen atoms in total. The summed E-state index contributed by atoms with van der Waals surface area (Å²) in [5.41, 5.74) is 0.223. The number of hydrogen-bond donors (Lipinski definition) is 0. The van der Waals surface area contributed by atoms with Crippen LogP contribution >= 0.6 is 0 Å². The lowest BCUT2D eigenvalue weighted by Gasteiger charge is -2.29. The lowest BCUT2D eigenvalue weighted by Crippen LogP contribution is -2.39. The zero-order valence-corrected chi connectivity index (χ0v) is 13.7.